The molecule has 1 aromatic carbocycles. The Hall–Kier alpha value is -1.26. The molecule has 0 bridgehead atoms. The van der Waals surface area contributed by atoms with E-state index in [1.54, 1.807) is 17.4 Å². The third-order valence-electron chi connectivity index (χ3n) is 2.84. The van der Waals surface area contributed by atoms with Crippen molar-refractivity contribution in [1.82, 2.24) is 10.3 Å². The maximum Gasteiger partial charge on any atom is 0.126 e. The second-order valence-electron chi connectivity index (χ2n) is 4.38. The molecule has 1 atom stereocenters. The van der Waals surface area contributed by atoms with Crippen LogP contribution in [0, 0.1) is 5.82 Å². The number of thiazole rings is 1. The molecule has 2 nitrogen and oxygen atoms in total. The van der Waals surface area contributed by atoms with E-state index in [0.717, 1.165) is 24.2 Å². The van der Waals surface area contributed by atoms with Crippen molar-refractivity contribution in [2.75, 3.05) is 6.54 Å². The summed E-state index contributed by atoms with van der Waals surface area (Å²) in [7, 11) is 0. The minimum atomic E-state index is -0.120. The third kappa shape index (κ3) is 3.89. The van der Waals surface area contributed by atoms with Crippen LogP contribution in [0.5, 0.6) is 0 Å². The number of nitrogens with one attached hydrogen (secondary N) is 1. The molecule has 1 heterocycles. The van der Waals surface area contributed by atoms with E-state index < -0.39 is 0 Å². The molecule has 2 rings (SSSR count). The van der Waals surface area contributed by atoms with Crippen molar-refractivity contribution in [1.29, 1.82) is 0 Å². The van der Waals surface area contributed by atoms with Crippen LogP contribution in [0.2, 0.25) is 0 Å². The van der Waals surface area contributed by atoms with E-state index in [1.165, 1.54) is 6.07 Å². The molecular formula is C14H17FN2S. The number of rotatable bonds is 6. The molecule has 0 aliphatic carbocycles. The van der Waals surface area contributed by atoms with Crippen LogP contribution >= 0.6 is 11.3 Å². The standard InChI is InChI=1S/C14H17FN2S/c1-11(8-12-4-2-3-5-14(12)15)16-7-6-13-9-18-10-17-13/h2-5,9-11,16H,6-8H2,1H3. The smallest absolute Gasteiger partial charge is 0.126 e. The summed E-state index contributed by atoms with van der Waals surface area (Å²) in [5, 5.41) is 5.45. The number of benzene rings is 1. The maximum atomic E-state index is 13.5. The topological polar surface area (TPSA) is 24.9 Å². The highest BCUT2D eigenvalue weighted by Gasteiger charge is 2.06. The first-order valence-electron chi connectivity index (χ1n) is 6.09. The third-order valence-corrected chi connectivity index (χ3v) is 3.48. The van der Waals surface area contributed by atoms with E-state index in [-0.39, 0.29) is 11.9 Å². The fraction of sp³-hybridized carbons (Fsp3) is 0.357. The van der Waals surface area contributed by atoms with Gasteiger partial charge in [-0.1, -0.05) is 18.2 Å². The lowest BCUT2D eigenvalue weighted by molar-refractivity contribution is 0.527. The Labute approximate surface area is 111 Å². The molecule has 0 aliphatic rings. The van der Waals surface area contributed by atoms with Gasteiger partial charge in [-0.15, -0.1) is 11.3 Å². The SMILES string of the molecule is CC(Cc1ccccc1F)NCCc1cscn1. The largest absolute Gasteiger partial charge is 0.314 e. The highest BCUT2D eigenvalue weighted by Crippen LogP contribution is 2.09. The van der Waals surface area contributed by atoms with Gasteiger partial charge < -0.3 is 5.32 Å². The van der Waals surface area contributed by atoms with Gasteiger partial charge >= 0.3 is 0 Å². The monoisotopic (exact) mass is 264 g/mol. The van der Waals surface area contributed by atoms with Crippen molar-refractivity contribution >= 4 is 11.3 Å². The zero-order valence-corrected chi connectivity index (χ0v) is 11.2. The van der Waals surface area contributed by atoms with E-state index in [1.807, 2.05) is 17.6 Å². The van der Waals surface area contributed by atoms with Crippen molar-refractivity contribution in [2.45, 2.75) is 25.8 Å². The lowest BCUT2D eigenvalue weighted by Gasteiger charge is -2.13. The van der Waals surface area contributed by atoms with E-state index in [2.05, 4.69) is 22.6 Å². The Kier molecular flexibility index (Phi) is 4.84. The highest BCUT2D eigenvalue weighted by atomic mass is 32.1. The number of hydrogen-bond acceptors (Lipinski definition) is 3. The van der Waals surface area contributed by atoms with Crippen LogP contribution in [0.15, 0.2) is 35.2 Å². The first kappa shape index (κ1) is 13.2. The van der Waals surface area contributed by atoms with Gasteiger partial charge in [-0.2, -0.15) is 0 Å². The van der Waals surface area contributed by atoms with Gasteiger partial charge in [0.25, 0.3) is 0 Å². The average molecular weight is 264 g/mol. The number of hydrogen-bond donors (Lipinski definition) is 1. The highest BCUT2D eigenvalue weighted by molar-refractivity contribution is 7.07. The summed E-state index contributed by atoms with van der Waals surface area (Å²) in [6, 6.07) is 7.21. The fourth-order valence-corrected chi connectivity index (χ4v) is 2.47. The maximum absolute atomic E-state index is 13.5. The van der Waals surface area contributed by atoms with Crippen LogP contribution in [-0.2, 0) is 12.8 Å². The first-order chi connectivity index (χ1) is 8.75. The second kappa shape index (κ2) is 6.61. The van der Waals surface area contributed by atoms with Crippen LogP contribution < -0.4 is 5.32 Å². The molecule has 1 unspecified atom stereocenters. The molecule has 2 aromatic rings. The molecule has 96 valence electrons. The zero-order valence-electron chi connectivity index (χ0n) is 10.4. The molecule has 0 saturated carbocycles. The Morgan fingerprint density at radius 3 is 2.94 bits per heavy atom. The molecule has 1 aromatic heterocycles. The van der Waals surface area contributed by atoms with Crippen LogP contribution in [0.4, 0.5) is 4.39 Å². The van der Waals surface area contributed by atoms with Crippen LogP contribution in [0.3, 0.4) is 0 Å². The Morgan fingerprint density at radius 1 is 1.39 bits per heavy atom. The van der Waals surface area contributed by atoms with Gasteiger partial charge in [0.15, 0.2) is 0 Å². The Bertz CT molecular complexity index is 470. The summed E-state index contributed by atoms with van der Waals surface area (Å²) in [4.78, 5) is 4.23. The summed E-state index contributed by atoms with van der Waals surface area (Å²) in [6.45, 7) is 2.95. The summed E-state index contributed by atoms with van der Waals surface area (Å²) in [6.07, 6.45) is 1.63. The van der Waals surface area contributed by atoms with Gasteiger partial charge in [0.1, 0.15) is 5.82 Å². The molecule has 0 radical (unpaired) electrons. The Morgan fingerprint density at radius 2 is 2.22 bits per heavy atom. The minimum Gasteiger partial charge on any atom is -0.314 e. The lowest BCUT2D eigenvalue weighted by atomic mass is 10.1. The van der Waals surface area contributed by atoms with Crippen LogP contribution in [-0.4, -0.2) is 17.6 Å². The molecule has 0 spiro atoms. The fourth-order valence-electron chi connectivity index (χ4n) is 1.87. The zero-order chi connectivity index (χ0) is 12.8. The van der Waals surface area contributed by atoms with Crippen molar-refractivity contribution in [2.24, 2.45) is 0 Å². The number of nitrogens with zero attached hydrogens (tertiary/aromatic N) is 1. The molecule has 4 heteroatoms. The average Bonchev–Trinajstić information content (AvgIpc) is 2.85. The summed E-state index contributed by atoms with van der Waals surface area (Å²) < 4.78 is 13.5. The van der Waals surface area contributed by atoms with Gasteiger partial charge in [0.05, 0.1) is 11.2 Å². The normalized spacial score (nSPS) is 12.6. The van der Waals surface area contributed by atoms with Crippen molar-refractivity contribution in [3.05, 3.63) is 52.2 Å². The van der Waals surface area contributed by atoms with Gasteiger partial charge in [0, 0.05) is 24.4 Å². The molecule has 0 fully saturated rings. The van der Waals surface area contributed by atoms with Gasteiger partial charge in [0.2, 0.25) is 0 Å². The Balaban J connectivity index is 1.75. The quantitative estimate of drug-likeness (QED) is 0.867. The van der Waals surface area contributed by atoms with Crippen molar-refractivity contribution in [3.63, 3.8) is 0 Å². The predicted octanol–water partition coefficient (Wildman–Crippen LogP) is 3.05. The molecule has 0 saturated heterocycles. The summed E-state index contributed by atoms with van der Waals surface area (Å²) in [5.41, 5.74) is 3.73. The summed E-state index contributed by atoms with van der Waals surface area (Å²) >= 11 is 1.61. The van der Waals surface area contributed by atoms with E-state index in [4.69, 9.17) is 0 Å². The van der Waals surface area contributed by atoms with E-state index in [0.29, 0.717) is 6.42 Å². The second-order valence-corrected chi connectivity index (χ2v) is 5.10. The lowest BCUT2D eigenvalue weighted by Crippen LogP contribution is -2.30. The predicted molar refractivity (Wildman–Crippen MR) is 73.4 cm³/mol. The van der Waals surface area contributed by atoms with E-state index >= 15 is 0 Å². The summed E-state index contributed by atoms with van der Waals surface area (Å²) in [5.74, 6) is -0.120. The van der Waals surface area contributed by atoms with Crippen LogP contribution in [0.25, 0.3) is 0 Å². The molecule has 1 N–H and O–H groups in total. The first-order valence-corrected chi connectivity index (χ1v) is 7.04. The van der Waals surface area contributed by atoms with Gasteiger partial charge in [-0.25, -0.2) is 9.37 Å². The number of halogens is 1. The van der Waals surface area contributed by atoms with Gasteiger partial charge in [-0.3, -0.25) is 0 Å². The van der Waals surface area contributed by atoms with Crippen molar-refractivity contribution < 1.29 is 4.39 Å². The van der Waals surface area contributed by atoms with Gasteiger partial charge in [-0.05, 0) is 25.0 Å². The molecule has 18 heavy (non-hydrogen) atoms. The number of aromatic nitrogens is 1. The molecule has 0 amide bonds. The molecular weight excluding hydrogens is 247 g/mol. The van der Waals surface area contributed by atoms with E-state index in [9.17, 15) is 4.39 Å². The minimum absolute atomic E-state index is 0.120. The van der Waals surface area contributed by atoms with Crippen molar-refractivity contribution in [3.8, 4) is 0 Å². The van der Waals surface area contributed by atoms with Crippen LogP contribution in [0.1, 0.15) is 18.2 Å². The molecule has 0 aliphatic heterocycles.